The van der Waals surface area contributed by atoms with Crippen molar-refractivity contribution in [3.63, 3.8) is 0 Å². The molecule has 1 aliphatic rings. The van der Waals surface area contributed by atoms with Gasteiger partial charge in [0.25, 0.3) is 0 Å². The zero-order valence-corrected chi connectivity index (χ0v) is 16.9. The molecule has 0 atom stereocenters. The second-order valence-corrected chi connectivity index (χ2v) is 8.18. The Morgan fingerprint density at radius 2 is 1.41 bits per heavy atom. The van der Waals surface area contributed by atoms with E-state index in [1.165, 1.54) is 7.11 Å². The largest absolute Gasteiger partial charge is 0.496 e. The molecule has 0 radical (unpaired) electrons. The van der Waals surface area contributed by atoms with Crippen LogP contribution in [-0.2, 0) is 14.3 Å². The number of halogens is 1. The van der Waals surface area contributed by atoms with Crippen molar-refractivity contribution in [1.82, 2.24) is 0 Å². The van der Waals surface area contributed by atoms with Crippen molar-refractivity contribution in [2.24, 2.45) is 0 Å². The van der Waals surface area contributed by atoms with Gasteiger partial charge in [-0.1, -0.05) is 29.8 Å². The summed E-state index contributed by atoms with van der Waals surface area (Å²) in [5, 5.41) is 0.644. The number of carbonyl (C=O) groups excluding carboxylic acids is 2. The molecule has 3 rings (SSSR count). The van der Waals surface area contributed by atoms with Crippen LogP contribution in [0.1, 0.15) is 39.2 Å². The molecule has 4 nitrogen and oxygen atoms in total. The highest BCUT2D eigenvalue weighted by Crippen LogP contribution is 2.42. The fourth-order valence-corrected chi connectivity index (χ4v) is 3.74. The first-order valence-corrected chi connectivity index (χ1v) is 9.17. The maximum Gasteiger partial charge on any atom is 0.179 e. The molecule has 0 aliphatic carbocycles. The van der Waals surface area contributed by atoms with Gasteiger partial charge in [0.05, 0.1) is 7.11 Å². The van der Waals surface area contributed by atoms with Crippen LogP contribution in [0.3, 0.4) is 0 Å². The van der Waals surface area contributed by atoms with Crippen LogP contribution in [0.25, 0.3) is 11.1 Å². The van der Waals surface area contributed by atoms with Crippen molar-refractivity contribution in [2.45, 2.75) is 44.8 Å². The molecule has 0 unspecified atom stereocenters. The third-order valence-corrected chi connectivity index (χ3v) is 5.19. The molecule has 1 fully saturated rings. The standard InChI is InChI=1S/C22H23ClO4/c1-21(2)19(24)18(20(25)22(3,4)27-21)16-12-14(8-11-17(16)26-5)13-6-9-15(23)10-7-13/h6-12,18H,1-5H3. The Morgan fingerprint density at radius 3 is 1.93 bits per heavy atom. The van der Waals surface area contributed by atoms with Crippen LogP contribution in [0.5, 0.6) is 5.75 Å². The molecule has 1 aliphatic heterocycles. The van der Waals surface area contributed by atoms with Gasteiger partial charge in [-0.2, -0.15) is 0 Å². The van der Waals surface area contributed by atoms with Crippen LogP contribution in [0.15, 0.2) is 42.5 Å². The van der Waals surface area contributed by atoms with Crippen LogP contribution in [0.2, 0.25) is 5.02 Å². The molecule has 1 heterocycles. The molecular weight excluding hydrogens is 364 g/mol. The van der Waals surface area contributed by atoms with Gasteiger partial charge >= 0.3 is 0 Å². The van der Waals surface area contributed by atoms with Gasteiger partial charge < -0.3 is 9.47 Å². The lowest BCUT2D eigenvalue weighted by atomic mass is 9.74. The molecule has 0 aromatic heterocycles. The van der Waals surface area contributed by atoms with Crippen LogP contribution < -0.4 is 4.74 Å². The summed E-state index contributed by atoms with van der Waals surface area (Å²) < 4.78 is 11.3. The normalized spacial score (nSPS) is 19.2. The smallest absolute Gasteiger partial charge is 0.179 e. The first-order valence-electron chi connectivity index (χ1n) is 8.79. The topological polar surface area (TPSA) is 52.6 Å². The van der Waals surface area contributed by atoms with E-state index in [1.807, 2.05) is 24.3 Å². The lowest BCUT2D eigenvalue weighted by Gasteiger charge is -2.42. The summed E-state index contributed by atoms with van der Waals surface area (Å²) in [5.74, 6) is -0.962. The van der Waals surface area contributed by atoms with Crippen molar-refractivity contribution in [2.75, 3.05) is 7.11 Å². The molecule has 1 saturated heterocycles. The molecule has 0 amide bonds. The Balaban J connectivity index is 2.16. The minimum Gasteiger partial charge on any atom is -0.496 e. The summed E-state index contributed by atoms with van der Waals surface area (Å²) in [6.45, 7) is 6.80. The van der Waals surface area contributed by atoms with Gasteiger partial charge in [0.1, 0.15) is 22.9 Å². The predicted molar refractivity (Wildman–Crippen MR) is 105 cm³/mol. The Labute approximate surface area is 164 Å². The number of benzene rings is 2. The zero-order chi connectivity index (χ0) is 20.0. The molecule has 0 spiro atoms. The van der Waals surface area contributed by atoms with E-state index >= 15 is 0 Å². The number of ether oxygens (including phenoxy) is 2. The van der Waals surface area contributed by atoms with Crippen molar-refractivity contribution in [3.05, 3.63) is 53.1 Å². The SMILES string of the molecule is COc1ccc(-c2ccc(Cl)cc2)cc1C1C(=O)C(C)(C)OC(C)(C)C1=O. The number of ketones is 2. The summed E-state index contributed by atoms with van der Waals surface area (Å²) in [6, 6.07) is 12.9. The van der Waals surface area contributed by atoms with Gasteiger partial charge in [0.15, 0.2) is 11.6 Å². The average Bonchev–Trinajstić information content (AvgIpc) is 2.60. The number of hydrogen-bond acceptors (Lipinski definition) is 4. The number of methoxy groups -OCH3 is 1. The highest BCUT2D eigenvalue weighted by Gasteiger charge is 2.53. The lowest BCUT2D eigenvalue weighted by Crippen LogP contribution is -2.57. The minimum atomic E-state index is -1.07. The van der Waals surface area contributed by atoms with Gasteiger partial charge in [-0.3, -0.25) is 9.59 Å². The zero-order valence-electron chi connectivity index (χ0n) is 16.1. The third kappa shape index (κ3) is 3.52. The fraction of sp³-hybridized carbons (Fsp3) is 0.364. The Morgan fingerprint density at radius 1 is 0.889 bits per heavy atom. The van der Waals surface area contributed by atoms with E-state index in [0.717, 1.165) is 11.1 Å². The van der Waals surface area contributed by atoms with E-state index in [1.54, 1.807) is 45.9 Å². The van der Waals surface area contributed by atoms with Gasteiger partial charge in [0.2, 0.25) is 0 Å². The summed E-state index contributed by atoms with van der Waals surface area (Å²) in [6.07, 6.45) is 0. The maximum atomic E-state index is 13.1. The number of Topliss-reactive ketones (excluding diaryl/α,β-unsaturated/α-hetero) is 2. The van der Waals surface area contributed by atoms with Crippen LogP contribution in [0, 0.1) is 0 Å². The van der Waals surface area contributed by atoms with Crippen molar-refractivity contribution < 1.29 is 19.1 Å². The number of carbonyl (C=O) groups is 2. The second kappa shape index (κ2) is 6.77. The fourth-order valence-electron chi connectivity index (χ4n) is 3.62. The molecule has 142 valence electrons. The van der Waals surface area contributed by atoms with E-state index in [4.69, 9.17) is 21.1 Å². The highest BCUT2D eigenvalue weighted by molar-refractivity contribution is 6.30. The van der Waals surface area contributed by atoms with Crippen LogP contribution in [0.4, 0.5) is 0 Å². The summed E-state index contributed by atoms with van der Waals surface area (Å²) in [7, 11) is 1.53. The molecular formula is C22H23ClO4. The van der Waals surface area contributed by atoms with Crippen molar-refractivity contribution >= 4 is 23.2 Å². The lowest BCUT2D eigenvalue weighted by molar-refractivity contribution is -0.184. The molecule has 2 aromatic rings. The Kier molecular flexibility index (Phi) is 4.91. The average molecular weight is 387 g/mol. The van der Waals surface area contributed by atoms with Crippen LogP contribution >= 0.6 is 11.6 Å². The van der Waals surface area contributed by atoms with E-state index in [0.29, 0.717) is 16.3 Å². The highest BCUT2D eigenvalue weighted by atomic mass is 35.5. The van der Waals surface area contributed by atoms with Gasteiger partial charge in [-0.15, -0.1) is 0 Å². The van der Waals surface area contributed by atoms with Crippen molar-refractivity contribution in [3.8, 4) is 16.9 Å². The molecule has 2 aromatic carbocycles. The predicted octanol–water partition coefficient (Wildman–Crippen LogP) is 4.82. The molecule has 5 heteroatoms. The molecule has 27 heavy (non-hydrogen) atoms. The number of rotatable bonds is 3. The molecule has 0 saturated carbocycles. The summed E-state index contributed by atoms with van der Waals surface area (Å²) >= 11 is 5.98. The first-order chi connectivity index (χ1) is 12.6. The Bertz CT molecular complexity index is 871. The van der Waals surface area contributed by atoms with Crippen LogP contribution in [-0.4, -0.2) is 29.9 Å². The van der Waals surface area contributed by atoms with E-state index < -0.39 is 17.1 Å². The Hall–Kier alpha value is -2.17. The third-order valence-electron chi connectivity index (χ3n) is 4.94. The van der Waals surface area contributed by atoms with Crippen molar-refractivity contribution in [1.29, 1.82) is 0 Å². The summed E-state index contributed by atoms with van der Waals surface area (Å²) in [4.78, 5) is 26.2. The van der Waals surface area contributed by atoms with Gasteiger partial charge in [0, 0.05) is 10.6 Å². The first kappa shape index (κ1) is 19.6. The maximum absolute atomic E-state index is 13.1. The van der Waals surface area contributed by atoms with E-state index in [-0.39, 0.29) is 11.6 Å². The second-order valence-electron chi connectivity index (χ2n) is 7.75. The monoisotopic (exact) mass is 386 g/mol. The number of hydrogen-bond donors (Lipinski definition) is 0. The van der Waals surface area contributed by atoms with E-state index in [2.05, 4.69) is 0 Å². The van der Waals surface area contributed by atoms with E-state index in [9.17, 15) is 9.59 Å². The molecule has 0 N–H and O–H groups in total. The molecule has 0 bridgehead atoms. The summed E-state index contributed by atoms with van der Waals surface area (Å²) in [5.41, 5.74) is 0.246. The minimum absolute atomic E-state index is 0.265. The quantitative estimate of drug-likeness (QED) is 0.709. The van der Waals surface area contributed by atoms with Gasteiger partial charge in [-0.25, -0.2) is 0 Å². The van der Waals surface area contributed by atoms with Gasteiger partial charge in [-0.05, 0) is 63.1 Å².